The lowest BCUT2D eigenvalue weighted by Gasteiger charge is -2.25. The number of amides is 1. The van der Waals surface area contributed by atoms with Gasteiger partial charge in [0.2, 0.25) is 5.91 Å². The summed E-state index contributed by atoms with van der Waals surface area (Å²) in [5.74, 6) is -2.16. The van der Waals surface area contributed by atoms with E-state index in [1.807, 2.05) is 0 Å². The molecule has 108 valence electrons. The maximum atomic E-state index is 12.2. The fourth-order valence-electron chi connectivity index (χ4n) is 1.71. The van der Waals surface area contributed by atoms with Gasteiger partial charge in [0.25, 0.3) is 5.69 Å². The number of carbonyl (C=O) groups is 2. The first kappa shape index (κ1) is 15.6. The van der Waals surface area contributed by atoms with E-state index in [0.29, 0.717) is 5.56 Å². The maximum Gasteiger partial charge on any atom is 0.326 e. The lowest BCUT2D eigenvalue weighted by atomic mass is 9.99. The minimum Gasteiger partial charge on any atom is -0.480 e. The van der Waals surface area contributed by atoms with Crippen molar-refractivity contribution in [1.29, 1.82) is 0 Å². The monoisotopic (exact) mass is 280 g/mol. The molecule has 0 heterocycles. The third-order valence-corrected chi connectivity index (χ3v) is 3.24. The van der Waals surface area contributed by atoms with Crippen LogP contribution >= 0.6 is 0 Å². The summed E-state index contributed by atoms with van der Waals surface area (Å²) in [7, 11) is 1.40. The highest BCUT2D eigenvalue weighted by Gasteiger charge is 2.27. The van der Waals surface area contributed by atoms with Gasteiger partial charge in [-0.05, 0) is 19.4 Å². The molecule has 0 aliphatic carbocycles. The molecule has 0 radical (unpaired) electrons. The number of nitro groups is 1. The summed E-state index contributed by atoms with van der Waals surface area (Å²) >= 11 is 0. The highest BCUT2D eigenvalue weighted by molar-refractivity contribution is 5.87. The molecule has 7 heteroatoms. The quantitative estimate of drug-likeness (QED) is 0.652. The first-order chi connectivity index (χ1) is 9.25. The Kier molecular flexibility index (Phi) is 4.79. The average molecular weight is 280 g/mol. The number of non-ortho nitro benzene ring substituents is 1. The number of carboxylic acid groups (broad SMARTS) is 1. The van der Waals surface area contributed by atoms with E-state index in [0.717, 1.165) is 4.90 Å². The molecule has 0 aromatic heterocycles. The van der Waals surface area contributed by atoms with Crippen molar-refractivity contribution < 1.29 is 19.6 Å². The Morgan fingerprint density at radius 3 is 2.45 bits per heavy atom. The van der Waals surface area contributed by atoms with Gasteiger partial charge < -0.3 is 10.0 Å². The van der Waals surface area contributed by atoms with Crippen LogP contribution in [-0.2, 0) is 9.59 Å². The van der Waals surface area contributed by atoms with E-state index < -0.39 is 28.8 Å². The predicted octanol–water partition coefficient (Wildman–Crippen LogP) is 1.63. The van der Waals surface area contributed by atoms with E-state index in [-0.39, 0.29) is 5.69 Å². The smallest absolute Gasteiger partial charge is 0.326 e. The third kappa shape index (κ3) is 3.31. The van der Waals surface area contributed by atoms with Crippen LogP contribution in [0.1, 0.15) is 25.3 Å². The van der Waals surface area contributed by atoms with Gasteiger partial charge in [0.15, 0.2) is 0 Å². The summed E-state index contributed by atoms with van der Waals surface area (Å²) in [5.41, 5.74) is 0.379. The first-order valence-corrected chi connectivity index (χ1v) is 5.99. The van der Waals surface area contributed by atoms with Crippen molar-refractivity contribution in [3.05, 3.63) is 39.9 Å². The van der Waals surface area contributed by atoms with E-state index in [2.05, 4.69) is 0 Å². The van der Waals surface area contributed by atoms with Gasteiger partial charge in [-0.25, -0.2) is 4.79 Å². The van der Waals surface area contributed by atoms with Crippen molar-refractivity contribution in [2.45, 2.75) is 25.8 Å². The molecule has 1 aromatic carbocycles. The Bertz CT molecular complexity index is 543. The number of carbonyl (C=O) groups excluding carboxylic acids is 1. The van der Waals surface area contributed by atoms with Gasteiger partial charge in [-0.2, -0.15) is 0 Å². The zero-order valence-corrected chi connectivity index (χ0v) is 11.4. The Balaban J connectivity index is 2.97. The van der Waals surface area contributed by atoms with E-state index in [4.69, 9.17) is 5.11 Å². The molecule has 0 saturated heterocycles. The molecule has 0 spiro atoms. The van der Waals surface area contributed by atoms with Crippen LogP contribution in [0.4, 0.5) is 5.69 Å². The van der Waals surface area contributed by atoms with E-state index in [1.54, 1.807) is 13.0 Å². The number of rotatable bonds is 5. The van der Waals surface area contributed by atoms with Gasteiger partial charge in [0, 0.05) is 19.2 Å². The van der Waals surface area contributed by atoms with Crippen LogP contribution in [0.3, 0.4) is 0 Å². The normalized spacial score (nSPS) is 13.3. The number of nitro benzene ring substituents is 1. The zero-order chi connectivity index (χ0) is 15.4. The zero-order valence-electron chi connectivity index (χ0n) is 11.4. The average Bonchev–Trinajstić information content (AvgIpc) is 2.43. The summed E-state index contributed by atoms with van der Waals surface area (Å²) < 4.78 is 0. The Hall–Kier alpha value is -2.44. The number of carboxylic acids is 1. The minimum atomic E-state index is -1.10. The number of hydrogen-bond donors (Lipinski definition) is 1. The Morgan fingerprint density at radius 1 is 1.35 bits per heavy atom. The summed E-state index contributed by atoms with van der Waals surface area (Å²) in [6, 6.07) is 4.81. The Labute approximate surface area is 116 Å². The lowest BCUT2D eigenvalue weighted by Crippen LogP contribution is -2.42. The summed E-state index contributed by atoms with van der Waals surface area (Å²) in [6.45, 7) is 2.99. The van der Waals surface area contributed by atoms with Crippen molar-refractivity contribution in [2.75, 3.05) is 7.05 Å². The van der Waals surface area contributed by atoms with Crippen molar-refractivity contribution >= 4 is 17.6 Å². The molecule has 0 aliphatic rings. The SMILES string of the molecule is CC(C(=O)N(C)C(C)C(=O)O)c1cccc([N+](=O)[O-])c1. The molecule has 2 atom stereocenters. The van der Waals surface area contributed by atoms with Crippen molar-refractivity contribution in [3.63, 3.8) is 0 Å². The Morgan fingerprint density at radius 2 is 1.95 bits per heavy atom. The predicted molar refractivity (Wildman–Crippen MR) is 71.4 cm³/mol. The largest absolute Gasteiger partial charge is 0.480 e. The number of aliphatic carboxylic acids is 1. The first-order valence-electron chi connectivity index (χ1n) is 5.99. The molecule has 7 nitrogen and oxygen atoms in total. The van der Waals surface area contributed by atoms with Gasteiger partial charge in [-0.1, -0.05) is 12.1 Å². The molecule has 0 saturated carbocycles. The summed E-state index contributed by atoms with van der Waals surface area (Å²) in [5, 5.41) is 19.6. The van der Waals surface area contributed by atoms with Crippen LogP contribution in [0.5, 0.6) is 0 Å². The molecular formula is C13H16N2O5. The number of nitrogens with zero attached hydrogens (tertiary/aromatic N) is 2. The fourth-order valence-corrected chi connectivity index (χ4v) is 1.71. The molecule has 1 N–H and O–H groups in total. The van der Waals surface area contributed by atoms with Crippen LogP contribution < -0.4 is 0 Å². The lowest BCUT2D eigenvalue weighted by molar-refractivity contribution is -0.384. The third-order valence-electron chi connectivity index (χ3n) is 3.24. The van der Waals surface area contributed by atoms with Gasteiger partial charge in [-0.15, -0.1) is 0 Å². The van der Waals surface area contributed by atoms with Crippen LogP contribution in [0, 0.1) is 10.1 Å². The summed E-state index contributed by atoms with van der Waals surface area (Å²) in [4.78, 5) is 34.3. The van der Waals surface area contributed by atoms with Crippen LogP contribution in [0.25, 0.3) is 0 Å². The van der Waals surface area contributed by atoms with E-state index in [1.165, 1.54) is 32.2 Å². The highest BCUT2D eigenvalue weighted by atomic mass is 16.6. The molecule has 1 amide bonds. The highest BCUT2D eigenvalue weighted by Crippen LogP contribution is 2.22. The van der Waals surface area contributed by atoms with Gasteiger partial charge in [0.05, 0.1) is 10.8 Å². The molecule has 0 aliphatic heterocycles. The number of benzene rings is 1. The second-order valence-electron chi connectivity index (χ2n) is 4.54. The van der Waals surface area contributed by atoms with Gasteiger partial charge in [0.1, 0.15) is 6.04 Å². The number of likely N-dealkylation sites (N-methyl/N-ethyl adjacent to an activating group) is 1. The van der Waals surface area contributed by atoms with Crippen LogP contribution in [0.2, 0.25) is 0 Å². The minimum absolute atomic E-state index is 0.101. The second-order valence-corrected chi connectivity index (χ2v) is 4.54. The molecule has 20 heavy (non-hydrogen) atoms. The van der Waals surface area contributed by atoms with Crippen molar-refractivity contribution in [3.8, 4) is 0 Å². The standard InChI is InChI=1S/C13H16N2O5/c1-8(12(16)14(3)9(2)13(17)18)10-5-4-6-11(7-10)15(19)20/h4-9H,1-3H3,(H,17,18). The molecule has 2 unspecified atom stereocenters. The van der Waals surface area contributed by atoms with Crippen LogP contribution in [-0.4, -0.2) is 39.9 Å². The molecule has 0 fully saturated rings. The molecule has 1 aromatic rings. The van der Waals surface area contributed by atoms with E-state index in [9.17, 15) is 19.7 Å². The van der Waals surface area contributed by atoms with Gasteiger partial charge in [-0.3, -0.25) is 14.9 Å². The molecule has 0 bridgehead atoms. The maximum absolute atomic E-state index is 12.2. The van der Waals surface area contributed by atoms with Gasteiger partial charge >= 0.3 is 5.97 Å². The topological polar surface area (TPSA) is 101 Å². The molecule has 1 rings (SSSR count). The molecular weight excluding hydrogens is 264 g/mol. The van der Waals surface area contributed by atoms with Crippen molar-refractivity contribution in [2.24, 2.45) is 0 Å². The summed E-state index contributed by atoms with van der Waals surface area (Å²) in [6.07, 6.45) is 0. The van der Waals surface area contributed by atoms with Crippen molar-refractivity contribution in [1.82, 2.24) is 4.90 Å². The fraction of sp³-hybridized carbons (Fsp3) is 0.385. The van der Waals surface area contributed by atoms with E-state index >= 15 is 0 Å². The van der Waals surface area contributed by atoms with Crippen LogP contribution in [0.15, 0.2) is 24.3 Å². The number of hydrogen-bond acceptors (Lipinski definition) is 4. The second kappa shape index (κ2) is 6.14.